The molecule has 1 fully saturated rings. The van der Waals surface area contributed by atoms with Crippen molar-refractivity contribution in [3.05, 3.63) is 33.5 Å². The van der Waals surface area contributed by atoms with Crippen LogP contribution >= 0.6 is 46.7 Å². The van der Waals surface area contributed by atoms with Crippen LogP contribution in [0, 0.1) is 0 Å². The van der Waals surface area contributed by atoms with E-state index >= 15 is 0 Å². The average molecular weight is 536 g/mol. The van der Waals surface area contributed by atoms with Crippen LogP contribution in [-0.4, -0.2) is 48.8 Å². The highest BCUT2D eigenvalue weighted by molar-refractivity contribution is 14.0. The van der Waals surface area contributed by atoms with Gasteiger partial charge in [-0.05, 0) is 49.1 Å². The van der Waals surface area contributed by atoms with Gasteiger partial charge in [-0.25, -0.2) is 9.98 Å². The van der Waals surface area contributed by atoms with Gasteiger partial charge in [0.15, 0.2) is 11.1 Å². The lowest BCUT2D eigenvalue weighted by molar-refractivity contribution is 0.0677. The molecule has 3 N–H and O–H groups in total. The number of anilines is 1. The zero-order chi connectivity index (χ0) is 19.1. The maximum atomic E-state index is 10.6. The molecule has 1 aliphatic rings. The van der Waals surface area contributed by atoms with E-state index in [0.29, 0.717) is 6.54 Å². The van der Waals surface area contributed by atoms with Crippen LogP contribution in [-0.2, 0) is 12.0 Å². The Kier molecular flexibility index (Phi) is 9.45. The van der Waals surface area contributed by atoms with Crippen molar-refractivity contribution in [1.82, 2.24) is 15.6 Å². The minimum Gasteiger partial charge on any atom is -0.383 e. The van der Waals surface area contributed by atoms with Gasteiger partial charge in [0.1, 0.15) is 5.60 Å². The summed E-state index contributed by atoms with van der Waals surface area (Å²) < 4.78 is 0. The lowest BCUT2D eigenvalue weighted by Gasteiger charge is -2.21. The van der Waals surface area contributed by atoms with Crippen LogP contribution in [0.1, 0.15) is 37.9 Å². The molecular formula is C19H30IN5OS2. The molecule has 28 heavy (non-hydrogen) atoms. The van der Waals surface area contributed by atoms with Crippen molar-refractivity contribution in [1.29, 1.82) is 0 Å². The zero-order valence-electron chi connectivity index (χ0n) is 16.5. The number of aromatic nitrogens is 1. The molecule has 1 saturated heterocycles. The van der Waals surface area contributed by atoms with Crippen molar-refractivity contribution in [2.24, 2.45) is 4.99 Å². The highest BCUT2D eigenvalue weighted by atomic mass is 127. The first kappa shape index (κ1) is 23.4. The predicted octanol–water partition coefficient (Wildman–Crippen LogP) is 3.43. The summed E-state index contributed by atoms with van der Waals surface area (Å²) in [5.74, 6) is 0.725. The number of nitrogens with zero attached hydrogens (tertiary/aromatic N) is 3. The molecule has 0 bridgehead atoms. The first-order chi connectivity index (χ1) is 13.1. The van der Waals surface area contributed by atoms with Gasteiger partial charge in [0.2, 0.25) is 0 Å². The van der Waals surface area contributed by atoms with Gasteiger partial charge >= 0.3 is 0 Å². The molecule has 9 heteroatoms. The van der Waals surface area contributed by atoms with E-state index in [4.69, 9.17) is 4.98 Å². The highest BCUT2D eigenvalue weighted by Crippen LogP contribution is 2.24. The fourth-order valence-electron chi connectivity index (χ4n) is 3.01. The molecule has 3 heterocycles. The Bertz CT molecular complexity index is 727. The summed E-state index contributed by atoms with van der Waals surface area (Å²) >= 11 is 3.32. The first-order valence-electron chi connectivity index (χ1n) is 9.55. The monoisotopic (exact) mass is 535 g/mol. The topological polar surface area (TPSA) is 72.8 Å². The molecule has 1 aliphatic heterocycles. The van der Waals surface area contributed by atoms with E-state index in [1.54, 1.807) is 29.6 Å². The van der Waals surface area contributed by atoms with Gasteiger partial charge in [0.05, 0.1) is 12.2 Å². The van der Waals surface area contributed by atoms with Crippen molar-refractivity contribution >= 4 is 57.7 Å². The molecule has 0 aromatic carbocycles. The van der Waals surface area contributed by atoms with Gasteiger partial charge in [-0.15, -0.1) is 35.3 Å². The Hall–Kier alpha value is -0.910. The predicted molar refractivity (Wildman–Crippen MR) is 131 cm³/mol. The molecule has 1 unspecified atom stereocenters. The maximum absolute atomic E-state index is 10.6. The lowest BCUT2D eigenvalue weighted by atomic mass is 10.00. The van der Waals surface area contributed by atoms with Crippen LogP contribution < -0.4 is 15.5 Å². The maximum Gasteiger partial charge on any atom is 0.191 e. The number of aliphatic imine (C=N–C) groups is 1. The molecule has 1 atom stereocenters. The third-order valence-electron chi connectivity index (χ3n) is 4.62. The van der Waals surface area contributed by atoms with E-state index in [2.05, 4.69) is 25.9 Å². The van der Waals surface area contributed by atoms with E-state index in [1.807, 2.05) is 23.8 Å². The van der Waals surface area contributed by atoms with Gasteiger partial charge in [-0.3, -0.25) is 0 Å². The number of hydrogen-bond acceptors (Lipinski definition) is 6. The smallest absolute Gasteiger partial charge is 0.191 e. The third-order valence-corrected chi connectivity index (χ3v) is 6.26. The van der Waals surface area contributed by atoms with E-state index in [9.17, 15) is 5.11 Å². The second kappa shape index (κ2) is 11.3. The molecule has 0 radical (unpaired) electrons. The Labute approximate surface area is 192 Å². The summed E-state index contributed by atoms with van der Waals surface area (Å²) in [6.07, 6.45) is 3.40. The number of halogens is 1. The molecule has 2 aromatic heterocycles. The molecular weight excluding hydrogens is 505 g/mol. The Morgan fingerprint density at radius 2 is 2.11 bits per heavy atom. The van der Waals surface area contributed by atoms with Crippen LogP contribution in [0.5, 0.6) is 0 Å². The SMILES string of the molecule is CCNC(=NCC(C)(O)c1ccsc1)NCCc1csc(N2CCCC2)n1.I. The Morgan fingerprint density at radius 1 is 1.32 bits per heavy atom. The number of guanidine groups is 1. The second-order valence-electron chi connectivity index (χ2n) is 6.97. The summed E-state index contributed by atoms with van der Waals surface area (Å²) in [5.41, 5.74) is 1.07. The third kappa shape index (κ3) is 6.57. The zero-order valence-corrected chi connectivity index (χ0v) is 20.4. The van der Waals surface area contributed by atoms with E-state index in [-0.39, 0.29) is 24.0 Å². The van der Waals surface area contributed by atoms with Crippen LogP contribution in [0.3, 0.4) is 0 Å². The number of thiazole rings is 1. The molecule has 3 rings (SSSR count). The minimum atomic E-state index is -0.956. The fourth-order valence-corrected chi connectivity index (χ4v) is 4.71. The summed E-state index contributed by atoms with van der Waals surface area (Å²) in [7, 11) is 0. The molecule has 6 nitrogen and oxygen atoms in total. The van der Waals surface area contributed by atoms with Gasteiger partial charge in [0.25, 0.3) is 0 Å². The Balaban J connectivity index is 0.00000280. The van der Waals surface area contributed by atoms with Crippen molar-refractivity contribution < 1.29 is 5.11 Å². The van der Waals surface area contributed by atoms with Gasteiger partial charge in [-0.2, -0.15) is 11.3 Å². The molecule has 0 saturated carbocycles. The van der Waals surface area contributed by atoms with Gasteiger partial charge < -0.3 is 20.6 Å². The molecule has 156 valence electrons. The first-order valence-corrected chi connectivity index (χ1v) is 11.4. The number of thiophene rings is 1. The number of aliphatic hydroxyl groups is 1. The van der Waals surface area contributed by atoms with E-state index in [0.717, 1.165) is 54.9 Å². The summed E-state index contributed by atoms with van der Waals surface area (Å²) in [6.45, 7) is 7.96. The van der Waals surface area contributed by atoms with Crippen molar-refractivity contribution in [3.8, 4) is 0 Å². The summed E-state index contributed by atoms with van der Waals surface area (Å²) in [4.78, 5) is 11.7. The number of rotatable bonds is 8. The largest absolute Gasteiger partial charge is 0.383 e. The molecule has 2 aromatic rings. The van der Waals surface area contributed by atoms with Crippen LogP contribution in [0.2, 0.25) is 0 Å². The van der Waals surface area contributed by atoms with Gasteiger partial charge in [0, 0.05) is 38.0 Å². The normalized spacial score (nSPS) is 16.5. The van der Waals surface area contributed by atoms with Crippen LogP contribution in [0.15, 0.2) is 27.2 Å². The molecule has 0 spiro atoms. The standard InChI is InChI=1S/C19H29N5OS2.HI/c1-3-20-17(22-14-19(2,25)15-7-11-26-12-15)21-8-6-16-13-27-18(23-16)24-9-4-5-10-24;/h7,11-13,25H,3-6,8-10,14H2,1-2H3,(H2,20,21,22);1H. The highest BCUT2D eigenvalue weighted by Gasteiger charge is 2.23. The van der Waals surface area contributed by atoms with Crippen LogP contribution in [0.4, 0.5) is 5.13 Å². The van der Waals surface area contributed by atoms with E-state index in [1.165, 1.54) is 12.8 Å². The van der Waals surface area contributed by atoms with Crippen molar-refractivity contribution in [2.45, 2.75) is 38.7 Å². The molecule has 0 aliphatic carbocycles. The fraction of sp³-hybridized carbons (Fsp3) is 0.579. The quantitative estimate of drug-likeness (QED) is 0.275. The second-order valence-corrected chi connectivity index (χ2v) is 8.59. The average Bonchev–Trinajstić information content (AvgIpc) is 3.41. The number of nitrogens with one attached hydrogen (secondary N) is 2. The minimum absolute atomic E-state index is 0. The summed E-state index contributed by atoms with van der Waals surface area (Å²) in [5, 5.41) is 24.5. The summed E-state index contributed by atoms with van der Waals surface area (Å²) in [6, 6.07) is 1.95. The van der Waals surface area contributed by atoms with E-state index < -0.39 is 5.60 Å². The lowest BCUT2D eigenvalue weighted by Crippen LogP contribution is -2.39. The van der Waals surface area contributed by atoms with Crippen molar-refractivity contribution in [3.63, 3.8) is 0 Å². The van der Waals surface area contributed by atoms with Gasteiger partial charge in [-0.1, -0.05) is 0 Å². The number of hydrogen-bond donors (Lipinski definition) is 3. The van der Waals surface area contributed by atoms with Crippen LogP contribution in [0.25, 0.3) is 0 Å². The molecule has 0 amide bonds. The van der Waals surface area contributed by atoms with Crippen molar-refractivity contribution in [2.75, 3.05) is 37.6 Å². The Morgan fingerprint density at radius 3 is 2.79 bits per heavy atom.